The molecular formula is C15H27BN2O3. The quantitative estimate of drug-likeness (QED) is 0.492. The summed E-state index contributed by atoms with van der Waals surface area (Å²) in [4.78, 5) is 0. The van der Waals surface area contributed by atoms with Gasteiger partial charge in [-0.2, -0.15) is 5.10 Å². The van der Waals surface area contributed by atoms with Crippen molar-refractivity contribution >= 4 is 13.3 Å². The zero-order chi connectivity index (χ0) is 15.5. The van der Waals surface area contributed by atoms with Crippen LogP contribution in [-0.4, -0.2) is 37.4 Å². The molecule has 0 radical (unpaired) electrons. The Hall–Kier alpha value is -0.845. The predicted octanol–water partition coefficient (Wildman–Crippen LogP) is 2.67. The van der Waals surface area contributed by atoms with E-state index in [0.717, 1.165) is 24.9 Å². The highest BCUT2D eigenvalue weighted by molar-refractivity contribution is 6.60. The normalized spacial score (nSPS) is 29.1. The second-order valence-corrected chi connectivity index (χ2v) is 6.62. The lowest BCUT2D eigenvalue weighted by Crippen LogP contribution is -2.41. The zero-order valence-corrected chi connectivity index (χ0v) is 13.8. The van der Waals surface area contributed by atoms with Crippen molar-refractivity contribution in [2.24, 2.45) is 5.10 Å². The first kappa shape index (κ1) is 16.5. The average Bonchev–Trinajstić information content (AvgIpc) is 2.64. The molecule has 2 rings (SSSR count). The van der Waals surface area contributed by atoms with Gasteiger partial charge in [-0.15, -0.1) is 0 Å². The van der Waals surface area contributed by atoms with Crippen molar-refractivity contribution in [3.8, 4) is 0 Å². The average molecular weight is 294 g/mol. The van der Waals surface area contributed by atoms with Crippen LogP contribution in [-0.2, 0) is 14.0 Å². The number of rotatable bonds is 4. The second kappa shape index (κ2) is 6.50. The molecule has 0 aromatic rings. The topological polar surface area (TPSA) is 52.1 Å². The highest BCUT2D eigenvalue weighted by Crippen LogP contribution is 2.38. The van der Waals surface area contributed by atoms with Gasteiger partial charge in [0.05, 0.1) is 11.2 Å². The van der Waals surface area contributed by atoms with Gasteiger partial charge in [0.15, 0.2) is 0 Å². The number of allylic oxidation sites excluding steroid dienone is 2. The molecule has 0 spiro atoms. The summed E-state index contributed by atoms with van der Waals surface area (Å²) in [5.74, 6) is 0. The highest BCUT2D eigenvalue weighted by Gasteiger charge is 2.52. The molecule has 0 aromatic heterocycles. The Morgan fingerprint density at radius 3 is 2.38 bits per heavy atom. The number of nitrogens with zero attached hydrogens (tertiary/aromatic N) is 1. The Kier molecular flexibility index (Phi) is 5.12. The summed E-state index contributed by atoms with van der Waals surface area (Å²) in [5.41, 5.74) is 3.29. The summed E-state index contributed by atoms with van der Waals surface area (Å²) in [5, 5.41) is 4.28. The molecule has 21 heavy (non-hydrogen) atoms. The smallest absolute Gasteiger partial charge is 0.399 e. The van der Waals surface area contributed by atoms with E-state index in [2.05, 4.69) is 10.5 Å². The monoisotopic (exact) mass is 294 g/mol. The molecule has 1 N–H and O–H groups in total. The Morgan fingerprint density at radius 2 is 1.86 bits per heavy atom. The van der Waals surface area contributed by atoms with Crippen LogP contribution in [0.1, 0.15) is 53.9 Å². The Labute approximate surface area is 128 Å². The third kappa shape index (κ3) is 3.87. The van der Waals surface area contributed by atoms with E-state index in [1.54, 1.807) is 6.21 Å². The fourth-order valence-electron chi connectivity index (χ4n) is 2.29. The third-order valence-electron chi connectivity index (χ3n) is 4.47. The SMILES string of the molecule is C/C=C(\C=N/NC1CCCCO1)B1OC(C)(C)C(C)(C)O1. The Balaban J connectivity index is 1.92. The van der Waals surface area contributed by atoms with Gasteiger partial charge in [0.25, 0.3) is 0 Å². The van der Waals surface area contributed by atoms with Gasteiger partial charge >= 0.3 is 7.12 Å². The van der Waals surface area contributed by atoms with Crippen molar-refractivity contribution in [2.45, 2.75) is 71.3 Å². The van der Waals surface area contributed by atoms with Gasteiger partial charge in [-0.05, 0) is 59.4 Å². The first-order valence-electron chi connectivity index (χ1n) is 7.78. The molecule has 2 aliphatic rings. The standard InChI is InChI=1S/C15H27BN2O3/c1-6-12(11-17-18-13-9-7-8-10-19-13)16-20-14(2,3)15(4,5)21-16/h6,11,13,18H,7-10H2,1-5H3/b12-6+,17-11-. The molecule has 1 unspecified atom stereocenters. The first-order valence-corrected chi connectivity index (χ1v) is 7.78. The minimum absolute atomic E-state index is 0.0198. The molecule has 5 nitrogen and oxygen atoms in total. The molecule has 2 fully saturated rings. The van der Waals surface area contributed by atoms with Gasteiger partial charge in [0, 0.05) is 12.8 Å². The maximum Gasteiger partial charge on any atom is 0.496 e. The van der Waals surface area contributed by atoms with Gasteiger partial charge in [0.1, 0.15) is 6.23 Å². The summed E-state index contributed by atoms with van der Waals surface area (Å²) in [6.07, 6.45) is 7.07. The van der Waals surface area contributed by atoms with Crippen molar-refractivity contribution in [3.63, 3.8) is 0 Å². The minimum Gasteiger partial charge on any atom is -0.399 e. The molecule has 2 aliphatic heterocycles. The summed E-state index contributed by atoms with van der Waals surface area (Å²) >= 11 is 0. The highest BCUT2D eigenvalue weighted by atomic mass is 16.7. The molecule has 6 heteroatoms. The van der Waals surface area contributed by atoms with Crippen LogP contribution in [0.5, 0.6) is 0 Å². The zero-order valence-electron chi connectivity index (χ0n) is 13.8. The van der Waals surface area contributed by atoms with Crippen molar-refractivity contribution in [1.82, 2.24) is 5.43 Å². The molecule has 0 aliphatic carbocycles. The van der Waals surface area contributed by atoms with Crippen molar-refractivity contribution in [1.29, 1.82) is 0 Å². The number of ether oxygens (including phenoxy) is 1. The molecule has 0 amide bonds. The lowest BCUT2D eigenvalue weighted by Gasteiger charge is -2.32. The molecule has 1 atom stereocenters. The van der Waals surface area contributed by atoms with Crippen LogP contribution in [0.2, 0.25) is 0 Å². The first-order chi connectivity index (χ1) is 9.86. The third-order valence-corrected chi connectivity index (χ3v) is 4.47. The molecule has 0 aromatic carbocycles. The lowest BCUT2D eigenvalue weighted by atomic mass is 9.79. The number of hydrogen-bond acceptors (Lipinski definition) is 5. The van der Waals surface area contributed by atoms with Gasteiger partial charge in [-0.25, -0.2) is 0 Å². The van der Waals surface area contributed by atoms with Crippen molar-refractivity contribution in [2.75, 3.05) is 6.61 Å². The van der Waals surface area contributed by atoms with E-state index >= 15 is 0 Å². The summed E-state index contributed by atoms with van der Waals surface area (Å²) in [6.45, 7) is 11.0. The molecule has 0 bridgehead atoms. The van der Waals surface area contributed by atoms with Crippen LogP contribution in [0.4, 0.5) is 0 Å². The second-order valence-electron chi connectivity index (χ2n) is 6.62. The van der Waals surface area contributed by atoms with E-state index in [1.165, 1.54) is 6.42 Å². The summed E-state index contributed by atoms with van der Waals surface area (Å²) in [6, 6.07) is 0. The van der Waals surface area contributed by atoms with Gasteiger partial charge in [0.2, 0.25) is 0 Å². The van der Waals surface area contributed by atoms with E-state index in [4.69, 9.17) is 14.0 Å². The summed E-state index contributed by atoms with van der Waals surface area (Å²) < 4.78 is 17.6. The van der Waals surface area contributed by atoms with Crippen molar-refractivity contribution in [3.05, 3.63) is 11.5 Å². The maximum absolute atomic E-state index is 6.02. The molecule has 2 saturated heterocycles. The van der Waals surface area contributed by atoms with E-state index in [1.807, 2.05) is 40.7 Å². The van der Waals surface area contributed by atoms with E-state index in [9.17, 15) is 0 Å². The van der Waals surface area contributed by atoms with Crippen LogP contribution in [0.25, 0.3) is 0 Å². The van der Waals surface area contributed by atoms with E-state index in [-0.39, 0.29) is 24.5 Å². The fourth-order valence-corrected chi connectivity index (χ4v) is 2.29. The largest absolute Gasteiger partial charge is 0.496 e. The van der Waals surface area contributed by atoms with E-state index < -0.39 is 0 Å². The van der Waals surface area contributed by atoms with Gasteiger partial charge < -0.3 is 14.0 Å². The van der Waals surface area contributed by atoms with Crippen LogP contribution in [0.15, 0.2) is 16.6 Å². The summed E-state index contributed by atoms with van der Waals surface area (Å²) in [7, 11) is -0.377. The molecular weight excluding hydrogens is 267 g/mol. The van der Waals surface area contributed by atoms with Gasteiger partial charge in [-0.1, -0.05) is 6.08 Å². The van der Waals surface area contributed by atoms with Gasteiger partial charge in [-0.3, -0.25) is 5.43 Å². The fraction of sp³-hybridized carbons (Fsp3) is 0.800. The molecule has 2 heterocycles. The minimum atomic E-state index is -0.377. The number of nitrogens with one attached hydrogen (secondary N) is 1. The Morgan fingerprint density at radius 1 is 1.19 bits per heavy atom. The van der Waals surface area contributed by atoms with E-state index in [0.29, 0.717) is 0 Å². The lowest BCUT2D eigenvalue weighted by molar-refractivity contribution is -0.00439. The van der Waals surface area contributed by atoms with Crippen molar-refractivity contribution < 1.29 is 14.0 Å². The predicted molar refractivity (Wildman–Crippen MR) is 85.1 cm³/mol. The Bertz CT molecular complexity index is 399. The van der Waals surface area contributed by atoms with Crippen LogP contribution >= 0.6 is 0 Å². The number of hydrazone groups is 1. The van der Waals surface area contributed by atoms with Crippen LogP contribution in [0, 0.1) is 0 Å². The molecule has 118 valence electrons. The van der Waals surface area contributed by atoms with Crippen LogP contribution in [0.3, 0.4) is 0 Å². The number of hydrogen-bond donors (Lipinski definition) is 1. The maximum atomic E-state index is 6.02. The molecule has 0 saturated carbocycles. The van der Waals surface area contributed by atoms with Crippen LogP contribution < -0.4 is 5.43 Å².